The van der Waals surface area contributed by atoms with Crippen molar-refractivity contribution in [1.29, 1.82) is 0 Å². The summed E-state index contributed by atoms with van der Waals surface area (Å²) in [4.78, 5) is 12.0. The molecule has 0 bridgehead atoms. The number of aryl methyl sites for hydroxylation is 1. The first-order valence-corrected chi connectivity index (χ1v) is 6.90. The number of piperidine rings is 1. The lowest BCUT2D eigenvalue weighted by atomic mass is 10.1. The number of rotatable bonds is 2. The lowest BCUT2D eigenvalue weighted by Crippen LogP contribution is -2.41. The molecule has 1 aliphatic rings. The fourth-order valence-corrected chi connectivity index (χ4v) is 2.60. The largest absolute Gasteiger partial charge is 0.349 e. The van der Waals surface area contributed by atoms with E-state index in [1.807, 2.05) is 31.2 Å². The monoisotopic (exact) mass is 344 g/mol. The van der Waals surface area contributed by atoms with E-state index in [0.717, 1.165) is 37.1 Å². The van der Waals surface area contributed by atoms with Gasteiger partial charge in [-0.05, 0) is 31.9 Å². The highest BCUT2D eigenvalue weighted by atomic mass is 127. The van der Waals surface area contributed by atoms with Crippen LogP contribution in [0.3, 0.4) is 0 Å². The highest BCUT2D eigenvalue weighted by Gasteiger charge is 2.19. The predicted octanol–water partition coefficient (Wildman–Crippen LogP) is 2.54. The van der Waals surface area contributed by atoms with Crippen LogP contribution in [0.25, 0.3) is 0 Å². The van der Waals surface area contributed by atoms with E-state index in [-0.39, 0.29) is 5.91 Å². The van der Waals surface area contributed by atoms with E-state index in [0.29, 0.717) is 6.04 Å². The number of halogens is 1. The summed E-state index contributed by atoms with van der Waals surface area (Å²) in [5, 5.41) is 3.11. The van der Waals surface area contributed by atoms with Gasteiger partial charge < -0.3 is 5.32 Å². The molecule has 0 unspecified atom stereocenters. The van der Waals surface area contributed by atoms with Crippen LogP contribution < -0.4 is 5.32 Å². The van der Waals surface area contributed by atoms with Gasteiger partial charge in [0, 0.05) is 47.6 Å². The Bertz CT molecular complexity index is 400. The minimum absolute atomic E-state index is 0.0561. The van der Waals surface area contributed by atoms with Gasteiger partial charge in [0.1, 0.15) is 0 Å². The molecule has 1 aromatic rings. The second-order valence-corrected chi connectivity index (χ2v) is 5.89. The van der Waals surface area contributed by atoms with Crippen LogP contribution in [0.1, 0.15) is 28.8 Å². The van der Waals surface area contributed by atoms with Crippen molar-refractivity contribution in [2.75, 3.05) is 13.1 Å². The van der Waals surface area contributed by atoms with Gasteiger partial charge in [-0.25, -0.2) is 3.11 Å². The zero-order valence-electron chi connectivity index (χ0n) is 9.95. The molecule has 17 heavy (non-hydrogen) atoms. The second kappa shape index (κ2) is 5.82. The Kier molecular flexibility index (Phi) is 4.39. The molecule has 0 aromatic heterocycles. The average Bonchev–Trinajstić information content (AvgIpc) is 2.32. The molecule has 1 aromatic carbocycles. The van der Waals surface area contributed by atoms with Gasteiger partial charge in [-0.2, -0.15) is 0 Å². The standard InChI is InChI=1S/C13H17IN2O/c1-10-3-2-4-11(9-10)13(17)15-12-5-7-16(14)8-6-12/h2-4,9,12H,5-8H2,1H3,(H,15,17). The first-order valence-electron chi connectivity index (χ1n) is 5.93. The van der Waals surface area contributed by atoms with Crippen molar-refractivity contribution in [3.8, 4) is 0 Å². The van der Waals surface area contributed by atoms with E-state index in [4.69, 9.17) is 0 Å². The lowest BCUT2D eigenvalue weighted by molar-refractivity contribution is 0.0925. The highest BCUT2D eigenvalue weighted by Crippen LogP contribution is 2.14. The van der Waals surface area contributed by atoms with Gasteiger partial charge in [0.2, 0.25) is 0 Å². The highest BCUT2D eigenvalue weighted by molar-refractivity contribution is 14.1. The molecular weight excluding hydrogens is 327 g/mol. The minimum Gasteiger partial charge on any atom is -0.349 e. The number of amides is 1. The molecule has 2 rings (SSSR count). The number of benzene rings is 1. The molecular formula is C13H17IN2O. The Morgan fingerprint density at radius 1 is 1.41 bits per heavy atom. The van der Waals surface area contributed by atoms with Gasteiger partial charge in [0.05, 0.1) is 0 Å². The van der Waals surface area contributed by atoms with Crippen LogP contribution in [0.4, 0.5) is 0 Å². The third kappa shape index (κ3) is 3.67. The van der Waals surface area contributed by atoms with Crippen molar-refractivity contribution in [3.05, 3.63) is 35.4 Å². The fraction of sp³-hybridized carbons (Fsp3) is 0.462. The molecule has 1 aliphatic heterocycles. The zero-order valence-corrected chi connectivity index (χ0v) is 12.1. The van der Waals surface area contributed by atoms with Gasteiger partial charge >= 0.3 is 0 Å². The van der Waals surface area contributed by atoms with E-state index in [1.165, 1.54) is 0 Å². The topological polar surface area (TPSA) is 32.3 Å². The third-order valence-electron chi connectivity index (χ3n) is 3.06. The lowest BCUT2D eigenvalue weighted by Gasteiger charge is -2.28. The molecule has 92 valence electrons. The molecule has 1 N–H and O–H groups in total. The van der Waals surface area contributed by atoms with Gasteiger partial charge in [-0.15, -0.1) is 0 Å². The fourth-order valence-electron chi connectivity index (χ4n) is 2.05. The number of carbonyl (C=O) groups is 1. The molecule has 1 saturated heterocycles. The first-order chi connectivity index (χ1) is 8.15. The van der Waals surface area contributed by atoms with Crippen LogP contribution >= 0.6 is 22.9 Å². The summed E-state index contributed by atoms with van der Waals surface area (Å²) < 4.78 is 2.27. The average molecular weight is 344 g/mol. The van der Waals surface area contributed by atoms with Crippen molar-refractivity contribution >= 4 is 28.8 Å². The summed E-state index contributed by atoms with van der Waals surface area (Å²) in [5.74, 6) is 0.0561. The van der Waals surface area contributed by atoms with Gasteiger partial charge in [-0.1, -0.05) is 17.7 Å². The molecule has 1 amide bonds. The third-order valence-corrected chi connectivity index (χ3v) is 4.02. The summed E-state index contributed by atoms with van der Waals surface area (Å²) in [6, 6.07) is 8.07. The molecule has 3 nitrogen and oxygen atoms in total. The van der Waals surface area contributed by atoms with Crippen LogP contribution in [0.5, 0.6) is 0 Å². The smallest absolute Gasteiger partial charge is 0.251 e. The SMILES string of the molecule is Cc1cccc(C(=O)NC2CCN(I)CC2)c1. The summed E-state index contributed by atoms with van der Waals surface area (Å²) in [6.07, 6.45) is 2.08. The molecule has 1 fully saturated rings. The summed E-state index contributed by atoms with van der Waals surface area (Å²) in [6.45, 7) is 4.12. The van der Waals surface area contributed by atoms with Crippen LogP contribution in [0.15, 0.2) is 24.3 Å². The molecule has 0 radical (unpaired) electrons. The Morgan fingerprint density at radius 3 is 2.76 bits per heavy atom. The maximum Gasteiger partial charge on any atom is 0.251 e. The van der Waals surface area contributed by atoms with Gasteiger partial charge in [-0.3, -0.25) is 4.79 Å². The van der Waals surface area contributed by atoms with Crippen molar-refractivity contribution in [2.45, 2.75) is 25.8 Å². The summed E-state index contributed by atoms with van der Waals surface area (Å²) in [7, 11) is 0. The second-order valence-electron chi connectivity index (χ2n) is 4.53. The predicted molar refractivity (Wildman–Crippen MR) is 77.3 cm³/mol. The van der Waals surface area contributed by atoms with E-state index < -0.39 is 0 Å². The van der Waals surface area contributed by atoms with Crippen molar-refractivity contribution in [1.82, 2.24) is 8.43 Å². The molecule has 0 atom stereocenters. The van der Waals surface area contributed by atoms with E-state index in [9.17, 15) is 4.79 Å². The number of hydrogen-bond acceptors (Lipinski definition) is 2. The van der Waals surface area contributed by atoms with Gasteiger partial charge in [0.25, 0.3) is 5.91 Å². The Labute approximate surface area is 116 Å². The Balaban J connectivity index is 1.93. The summed E-state index contributed by atoms with van der Waals surface area (Å²) in [5.41, 5.74) is 1.89. The van der Waals surface area contributed by atoms with Crippen LogP contribution in [-0.4, -0.2) is 28.2 Å². The number of carbonyl (C=O) groups excluding carboxylic acids is 1. The molecule has 1 heterocycles. The maximum absolute atomic E-state index is 12.0. The number of nitrogens with zero attached hydrogens (tertiary/aromatic N) is 1. The minimum atomic E-state index is 0.0561. The normalized spacial score (nSPS) is 18.0. The maximum atomic E-state index is 12.0. The van der Waals surface area contributed by atoms with Crippen LogP contribution in [0.2, 0.25) is 0 Å². The quantitative estimate of drug-likeness (QED) is 0.661. The zero-order chi connectivity index (χ0) is 12.3. The number of hydrogen-bond donors (Lipinski definition) is 1. The molecule has 4 heteroatoms. The van der Waals surface area contributed by atoms with E-state index in [1.54, 1.807) is 0 Å². The van der Waals surface area contributed by atoms with Crippen LogP contribution in [0, 0.1) is 6.92 Å². The van der Waals surface area contributed by atoms with Gasteiger partial charge in [0.15, 0.2) is 0 Å². The first kappa shape index (κ1) is 12.8. The Hall–Kier alpha value is -0.620. The Morgan fingerprint density at radius 2 is 2.12 bits per heavy atom. The molecule has 0 saturated carbocycles. The molecule has 0 spiro atoms. The summed E-state index contributed by atoms with van der Waals surface area (Å²) >= 11 is 2.34. The van der Waals surface area contributed by atoms with E-state index >= 15 is 0 Å². The van der Waals surface area contributed by atoms with Crippen LogP contribution in [-0.2, 0) is 0 Å². The van der Waals surface area contributed by atoms with Crippen molar-refractivity contribution in [2.24, 2.45) is 0 Å². The van der Waals surface area contributed by atoms with Crippen molar-refractivity contribution in [3.63, 3.8) is 0 Å². The van der Waals surface area contributed by atoms with Crippen molar-refractivity contribution < 1.29 is 4.79 Å². The number of nitrogens with one attached hydrogen (secondary N) is 1. The van der Waals surface area contributed by atoms with E-state index in [2.05, 4.69) is 31.3 Å². The molecule has 0 aliphatic carbocycles.